The zero-order valence-corrected chi connectivity index (χ0v) is 19.4. The summed E-state index contributed by atoms with van der Waals surface area (Å²) in [5, 5.41) is 0.909. The molecular formula is C23H32F3N3O3. The number of aromatic nitrogens is 1. The van der Waals surface area contributed by atoms with Crippen molar-refractivity contribution in [2.45, 2.75) is 52.4 Å². The molecule has 178 valence electrons. The van der Waals surface area contributed by atoms with Gasteiger partial charge in [0.25, 0.3) is 0 Å². The highest BCUT2D eigenvalue weighted by molar-refractivity contribution is 5.95. The molecule has 9 heteroatoms. The van der Waals surface area contributed by atoms with Crippen molar-refractivity contribution in [3.8, 4) is 5.75 Å². The molecule has 1 aromatic carbocycles. The first-order valence-electron chi connectivity index (χ1n) is 10.8. The fourth-order valence-electron chi connectivity index (χ4n) is 4.05. The van der Waals surface area contributed by atoms with E-state index in [1.165, 1.54) is 4.57 Å². The Morgan fingerprint density at radius 1 is 1.09 bits per heavy atom. The third-order valence-corrected chi connectivity index (χ3v) is 5.60. The minimum absolute atomic E-state index is 0.0359. The highest BCUT2D eigenvalue weighted by atomic mass is 19.4. The summed E-state index contributed by atoms with van der Waals surface area (Å²) in [6, 6.07) is 3.81. The summed E-state index contributed by atoms with van der Waals surface area (Å²) in [6.07, 6.45) is -3.63. The smallest absolute Gasteiger partial charge is 0.419 e. The molecule has 1 saturated heterocycles. The van der Waals surface area contributed by atoms with E-state index in [0.29, 0.717) is 32.7 Å². The van der Waals surface area contributed by atoms with Crippen molar-refractivity contribution >= 4 is 17.0 Å². The number of methoxy groups -OCH3 is 1. The Morgan fingerprint density at radius 2 is 1.72 bits per heavy atom. The molecule has 0 unspecified atom stereocenters. The number of aryl methyl sites for hydroxylation is 1. The molecule has 0 N–H and O–H groups in total. The van der Waals surface area contributed by atoms with E-state index in [2.05, 4.69) is 4.90 Å². The van der Waals surface area contributed by atoms with E-state index in [1.807, 2.05) is 44.7 Å². The zero-order valence-electron chi connectivity index (χ0n) is 19.4. The van der Waals surface area contributed by atoms with E-state index in [4.69, 9.17) is 9.47 Å². The average Bonchev–Trinajstić information content (AvgIpc) is 3.13. The fraction of sp³-hybridized carbons (Fsp3) is 0.609. The minimum atomic E-state index is -4.13. The lowest BCUT2D eigenvalue weighted by Gasteiger charge is -2.35. The Morgan fingerprint density at radius 3 is 2.28 bits per heavy atom. The van der Waals surface area contributed by atoms with Crippen LogP contribution in [0.1, 0.15) is 38.3 Å². The Kier molecular flexibility index (Phi) is 7.09. The second-order valence-electron chi connectivity index (χ2n) is 9.29. The van der Waals surface area contributed by atoms with Gasteiger partial charge >= 0.3 is 12.3 Å². The molecule has 2 aromatic rings. The number of piperazine rings is 1. The van der Waals surface area contributed by atoms with Gasteiger partial charge in [0, 0.05) is 56.4 Å². The molecule has 1 aliphatic rings. The number of fused-ring (bicyclic) bond motifs is 1. The van der Waals surface area contributed by atoms with Crippen LogP contribution in [0.2, 0.25) is 0 Å². The second-order valence-corrected chi connectivity index (χ2v) is 9.29. The van der Waals surface area contributed by atoms with E-state index in [9.17, 15) is 18.0 Å². The SMILES string of the molecule is COc1cc(C)c2c(ccn2C(=O)OC(C)(C)C)c1CN1CCN(CCC(F)(F)F)CC1. The molecule has 1 aliphatic heterocycles. The van der Waals surface area contributed by atoms with Gasteiger partial charge < -0.3 is 14.4 Å². The van der Waals surface area contributed by atoms with Gasteiger partial charge in [-0.25, -0.2) is 4.79 Å². The first kappa shape index (κ1) is 24.4. The number of carbonyl (C=O) groups excluding carboxylic acids is 1. The number of halogens is 3. The van der Waals surface area contributed by atoms with Crippen LogP contribution in [-0.2, 0) is 11.3 Å². The highest BCUT2D eigenvalue weighted by Gasteiger charge is 2.29. The number of benzene rings is 1. The van der Waals surface area contributed by atoms with E-state index >= 15 is 0 Å². The molecule has 0 radical (unpaired) electrons. The van der Waals surface area contributed by atoms with Crippen LogP contribution in [0, 0.1) is 6.92 Å². The van der Waals surface area contributed by atoms with Gasteiger partial charge in [-0.3, -0.25) is 9.47 Å². The molecule has 0 atom stereocenters. The van der Waals surface area contributed by atoms with E-state index in [-0.39, 0.29) is 6.54 Å². The first-order valence-corrected chi connectivity index (χ1v) is 10.8. The number of ether oxygens (including phenoxy) is 2. The fourth-order valence-corrected chi connectivity index (χ4v) is 4.05. The molecule has 3 rings (SSSR count). The van der Waals surface area contributed by atoms with Gasteiger partial charge in [0.2, 0.25) is 0 Å². The number of carbonyl (C=O) groups is 1. The molecule has 1 fully saturated rings. The lowest BCUT2D eigenvalue weighted by Crippen LogP contribution is -2.46. The van der Waals surface area contributed by atoms with E-state index in [1.54, 1.807) is 13.3 Å². The van der Waals surface area contributed by atoms with Gasteiger partial charge in [-0.05, 0) is 45.4 Å². The maximum atomic E-state index is 12.7. The third kappa shape index (κ3) is 5.95. The summed E-state index contributed by atoms with van der Waals surface area (Å²) in [5.74, 6) is 0.733. The van der Waals surface area contributed by atoms with Crippen LogP contribution in [0.3, 0.4) is 0 Å². The Labute approximate surface area is 186 Å². The number of nitrogens with zero attached hydrogens (tertiary/aromatic N) is 3. The van der Waals surface area contributed by atoms with Crippen LogP contribution < -0.4 is 4.74 Å². The summed E-state index contributed by atoms with van der Waals surface area (Å²) in [5.41, 5.74) is 2.02. The molecular weight excluding hydrogens is 423 g/mol. The Bertz CT molecular complexity index is 955. The molecule has 0 bridgehead atoms. The van der Waals surface area contributed by atoms with Crippen molar-refractivity contribution in [1.82, 2.24) is 14.4 Å². The van der Waals surface area contributed by atoms with Crippen molar-refractivity contribution in [3.05, 3.63) is 29.5 Å². The third-order valence-electron chi connectivity index (χ3n) is 5.60. The van der Waals surface area contributed by atoms with Crippen molar-refractivity contribution in [1.29, 1.82) is 0 Å². The molecule has 0 spiro atoms. The van der Waals surface area contributed by atoms with Crippen LogP contribution in [0.4, 0.5) is 18.0 Å². The standard InChI is InChI=1S/C23H32F3N3O3/c1-16-14-19(31-5)18(15-28-12-10-27(11-13-28)9-7-23(24,25)26)17-6-8-29(20(16)17)21(30)32-22(2,3)4/h6,8,14H,7,9-13,15H2,1-5H3. The topological polar surface area (TPSA) is 46.9 Å². The summed E-state index contributed by atoms with van der Waals surface area (Å²) in [6.45, 7) is 10.5. The van der Waals surface area contributed by atoms with Gasteiger partial charge in [-0.15, -0.1) is 0 Å². The number of alkyl halides is 3. The molecule has 32 heavy (non-hydrogen) atoms. The average molecular weight is 456 g/mol. The van der Waals surface area contributed by atoms with Gasteiger partial charge in [-0.2, -0.15) is 13.2 Å². The molecule has 0 aliphatic carbocycles. The summed E-state index contributed by atoms with van der Waals surface area (Å²) < 4.78 is 50.2. The Balaban J connectivity index is 1.80. The zero-order chi connectivity index (χ0) is 23.7. The lowest BCUT2D eigenvalue weighted by atomic mass is 10.0. The van der Waals surface area contributed by atoms with Crippen molar-refractivity contribution < 1.29 is 27.4 Å². The largest absolute Gasteiger partial charge is 0.496 e. The number of hydrogen-bond acceptors (Lipinski definition) is 5. The number of rotatable bonds is 5. The minimum Gasteiger partial charge on any atom is -0.496 e. The van der Waals surface area contributed by atoms with Crippen LogP contribution in [0.5, 0.6) is 5.75 Å². The van der Waals surface area contributed by atoms with Gasteiger partial charge in [-0.1, -0.05) is 0 Å². The number of hydrogen-bond donors (Lipinski definition) is 0. The van der Waals surface area contributed by atoms with Gasteiger partial charge in [0.1, 0.15) is 11.4 Å². The molecule has 0 amide bonds. The highest BCUT2D eigenvalue weighted by Crippen LogP contribution is 2.33. The van der Waals surface area contributed by atoms with Gasteiger partial charge in [0.15, 0.2) is 0 Å². The maximum absolute atomic E-state index is 12.7. The predicted molar refractivity (Wildman–Crippen MR) is 117 cm³/mol. The van der Waals surface area contributed by atoms with Crippen molar-refractivity contribution in [2.75, 3.05) is 39.8 Å². The molecule has 2 heterocycles. The lowest BCUT2D eigenvalue weighted by molar-refractivity contribution is -0.138. The Hall–Kier alpha value is -2.26. The normalized spacial score (nSPS) is 16.5. The molecule has 6 nitrogen and oxygen atoms in total. The summed E-state index contributed by atoms with van der Waals surface area (Å²) >= 11 is 0. The quantitative estimate of drug-likeness (QED) is 0.648. The monoisotopic (exact) mass is 455 g/mol. The first-order chi connectivity index (χ1) is 14.9. The van der Waals surface area contributed by atoms with Crippen molar-refractivity contribution in [2.24, 2.45) is 0 Å². The van der Waals surface area contributed by atoms with E-state index in [0.717, 1.165) is 27.8 Å². The van der Waals surface area contributed by atoms with Crippen LogP contribution in [-0.4, -0.2) is 72.1 Å². The van der Waals surface area contributed by atoms with Gasteiger partial charge in [0.05, 0.1) is 19.0 Å². The summed E-state index contributed by atoms with van der Waals surface area (Å²) in [7, 11) is 1.62. The second kappa shape index (κ2) is 9.31. The van der Waals surface area contributed by atoms with Crippen LogP contribution >= 0.6 is 0 Å². The van der Waals surface area contributed by atoms with Crippen LogP contribution in [0.15, 0.2) is 18.3 Å². The predicted octanol–water partition coefficient (Wildman–Crippen LogP) is 4.81. The van der Waals surface area contributed by atoms with Crippen molar-refractivity contribution in [3.63, 3.8) is 0 Å². The maximum Gasteiger partial charge on any atom is 0.419 e. The van der Waals surface area contributed by atoms with Crippen LogP contribution in [0.25, 0.3) is 10.9 Å². The summed E-state index contributed by atoms with van der Waals surface area (Å²) in [4.78, 5) is 16.8. The molecule has 0 saturated carbocycles. The van der Waals surface area contributed by atoms with E-state index < -0.39 is 24.3 Å². The molecule has 1 aromatic heterocycles.